The van der Waals surface area contributed by atoms with Gasteiger partial charge in [0.2, 0.25) is 0 Å². The first kappa shape index (κ1) is 11.9. The van der Waals surface area contributed by atoms with Gasteiger partial charge in [-0.3, -0.25) is 0 Å². The second-order valence-corrected chi connectivity index (χ2v) is 2.83. The summed E-state index contributed by atoms with van der Waals surface area (Å²) in [6.45, 7) is 9.57. The Morgan fingerprint density at radius 2 is 2.23 bits per heavy atom. The van der Waals surface area contributed by atoms with Crippen molar-refractivity contribution in [3.05, 3.63) is 24.1 Å². The molecule has 3 heteroatoms. The van der Waals surface area contributed by atoms with Crippen LogP contribution in [0.25, 0.3) is 0 Å². The minimum absolute atomic E-state index is 0.262. The summed E-state index contributed by atoms with van der Waals surface area (Å²) >= 11 is 0. The van der Waals surface area contributed by atoms with E-state index in [0.717, 1.165) is 12.1 Å². The average molecular weight is 182 g/mol. The first-order chi connectivity index (χ1) is 6.15. The molecule has 0 rings (SSSR count). The Morgan fingerprint density at radius 1 is 1.62 bits per heavy atom. The molecule has 1 atom stereocenters. The van der Waals surface area contributed by atoms with E-state index < -0.39 is 0 Å². The van der Waals surface area contributed by atoms with Crippen LogP contribution in [-0.4, -0.2) is 13.2 Å². The molecule has 0 radical (unpaired) electrons. The van der Waals surface area contributed by atoms with E-state index in [1.54, 1.807) is 13.2 Å². The van der Waals surface area contributed by atoms with Crippen LogP contribution in [0.2, 0.25) is 0 Å². The summed E-state index contributed by atoms with van der Waals surface area (Å²) in [5, 5.41) is 8.14. The van der Waals surface area contributed by atoms with Gasteiger partial charge in [-0.2, -0.15) is 10.2 Å². The smallest absolute Gasteiger partial charge is 0.141 e. The normalized spacial score (nSPS) is 15.4. The molecule has 0 aromatic rings. The van der Waals surface area contributed by atoms with E-state index in [1.807, 2.05) is 13.8 Å². The lowest BCUT2D eigenvalue weighted by atomic mass is 10.3. The van der Waals surface area contributed by atoms with Crippen molar-refractivity contribution < 1.29 is 4.74 Å². The minimum Gasteiger partial charge on any atom is -0.495 e. The van der Waals surface area contributed by atoms with Crippen LogP contribution in [0.4, 0.5) is 0 Å². The number of azo groups is 1. The Labute approximate surface area is 80.2 Å². The lowest BCUT2D eigenvalue weighted by Gasteiger charge is -2.02. The zero-order chi connectivity index (χ0) is 10.3. The quantitative estimate of drug-likeness (QED) is 0.365. The van der Waals surface area contributed by atoms with Gasteiger partial charge in [0.15, 0.2) is 0 Å². The minimum atomic E-state index is 0.262. The number of rotatable bonds is 5. The molecule has 74 valence electrons. The van der Waals surface area contributed by atoms with E-state index in [4.69, 9.17) is 4.74 Å². The number of hydrogen-bond acceptors (Lipinski definition) is 3. The summed E-state index contributed by atoms with van der Waals surface area (Å²) in [6.07, 6.45) is 2.62. The van der Waals surface area contributed by atoms with Crippen molar-refractivity contribution in [2.45, 2.75) is 33.2 Å². The standard InChI is InChI=1S/C10H18N2O/c1-6-8(3)11-12-9(4)10(7-2)13-5/h7-8H,2,6H2,1,3-5H3/b10-9-,12-11?. The third kappa shape index (κ3) is 4.45. The van der Waals surface area contributed by atoms with Crippen molar-refractivity contribution in [3.8, 4) is 0 Å². The number of nitrogens with zero attached hydrogens (tertiary/aromatic N) is 2. The highest BCUT2D eigenvalue weighted by Gasteiger charge is 1.97. The van der Waals surface area contributed by atoms with E-state index in [1.165, 1.54) is 0 Å². The Morgan fingerprint density at radius 3 is 2.62 bits per heavy atom. The summed E-state index contributed by atoms with van der Waals surface area (Å²) in [6, 6.07) is 0.262. The summed E-state index contributed by atoms with van der Waals surface area (Å²) in [5.74, 6) is 0.673. The largest absolute Gasteiger partial charge is 0.495 e. The van der Waals surface area contributed by atoms with Gasteiger partial charge in [-0.25, -0.2) is 0 Å². The molecule has 0 fully saturated rings. The van der Waals surface area contributed by atoms with Gasteiger partial charge in [-0.1, -0.05) is 13.5 Å². The highest BCUT2D eigenvalue weighted by atomic mass is 16.5. The molecule has 0 saturated heterocycles. The second-order valence-electron chi connectivity index (χ2n) is 2.83. The Kier molecular flexibility index (Phi) is 5.85. The highest BCUT2D eigenvalue weighted by molar-refractivity contribution is 5.14. The first-order valence-corrected chi connectivity index (χ1v) is 4.43. The predicted octanol–water partition coefficient (Wildman–Crippen LogP) is 3.30. The summed E-state index contributed by atoms with van der Waals surface area (Å²) in [5.41, 5.74) is 0.762. The SMILES string of the molecule is C=C/C(OC)=C(\C)N=NC(C)CC. The van der Waals surface area contributed by atoms with Gasteiger partial charge >= 0.3 is 0 Å². The van der Waals surface area contributed by atoms with Gasteiger partial charge in [0.1, 0.15) is 11.5 Å². The number of methoxy groups -OCH3 is 1. The predicted molar refractivity (Wildman–Crippen MR) is 54.5 cm³/mol. The molecule has 0 aromatic carbocycles. The molecular weight excluding hydrogens is 164 g/mol. The molecule has 0 aliphatic carbocycles. The van der Waals surface area contributed by atoms with Gasteiger partial charge < -0.3 is 4.74 Å². The average Bonchev–Trinajstić information content (AvgIpc) is 2.16. The fourth-order valence-corrected chi connectivity index (χ4v) is 0.695. The van der Waals surface area contributed by atoms with E-state index in [-0.39, 0.29) is 6.04 Å². The van der Waals surface area contributed by atoms with Crippen molar-refractivity contribution in [1.82, 2.24) is 0 Å². The van der Waals surface area contributed by atoms with Crippen molar-refractivity contribution in [1.29, 1.82) is 0 Å². The van der Waals surface area contributed by atoms with Crippen LogP contribution in [-0.2, 0) is 4.74 Å². The van der Waals surface area contributed by atoms with E-state index in [9.17, 15) is 0 Å². The lowest BCUT2D eigenvalue weighted by molar-refractivity contribution is 0.301. The molecule has 0 aliphatic heterocycles. The third-order valence-electron chi connectivity index (χ3n) is 1.76. The molecular formula is C10H18N2O. The van der Waals surface area contributed by atoms with Crippen LogP contribution in [0.1, 0.15) is 27.2 Å². The van der Waals surface area contributed by atoms with Gasteiger partial charge in [0.05, 0.1) is 13.2 Å². The van der Waals surface area contributed by atoms with Crippen LogP contribution in [0, 0.1) is 0 Å². The first-order valence-electron chi connectivity index (χ1n) is 4.43. The van der Waals surface area contributed by atoms with Gasteiger partial charge in [0, 0.05) is 0 Å². The van der Waals surface area contributed by atoms with Crippen LogP contribution in [0.5, 0.6) is 0 Å². The molecule has 13 heavy (non-hydrogen) atoms. The molecule has 0 saturated carbocycles. The van der Waals surface area contributed by atoms with Crippen LogP contribution >= 0.6 is 0 Å². The maximum Gasteiger partial charge on any atom is 0.141 e. The Balaban J connectivity index is 4.41. The van der Waals surface area contributed by atoms with Crippen molar-refractivity contribution >= 4 is 0 Å². The zero-order valence-electron chi connectivity index (χ0n) is 8.87. The molecule has 0 heterocycles. The molecule has 0 aromatic heterocycles. The molecule has 0 aliphatic rings. The molecule has 1 unspecified atom stereocenters. The Bertz CT molecular complexity index is 219. The summed E-state index contributed by atoms with van der Waals surface area (Å²) in [7, 11) is 1.60. The molecule has 0 spiro atoms. The molecule has 0 N–H and O–H groups in total. The second kappa shape index (κ2) is 6.40. The maximum atomic E-state index is 5.04. The van der Waals surface area contributed by atoms with Crippen LogP contribution < -0.4 is 0 Å². The monoisotopic (exact) mass is 182 g/mol. The van der Waals surface area contributed by atoms with Crippen molar-refractivity contribution in [2.24, 2.45) is 10.2 Å². The highest BCUT2D eigenvalue weighted by Crippen LogP contribution is 2.09. The summed E-state index contributed by atoms with van der Waals surface area (Å²) < 4.78 is 5.04. The van der Waals surface area contributed by atoms with E-state index in [0.29, 0.717) is 5.76 Å². The van der Waals surface area contributed by atoms with Crippen LogP contribution in [0.15, 0.2) is 34.3 Å². The van der Waals surface area contributed by atoms with E-state index >= 15 is 0 Å². The fourth-order valence-electron chi connectivity index (χ4n) is 0.695. The number of allylic oxidation sites excluding steroid dienone is 2. The van der Waals surface area contributed by atoms with Gasteiger partial charge in [0.25, 0.3) is 0 Å². The van der Waals surface area contributed by atoms with Crippen molar-refractivity contribution in [3.63, 3.8) is 0 Å². The van der Waals surface area contributed by atoms with Crippen LogP contribution in [0.3, 0.4) is 0 Å². The molecule has 0 amide bonds. The topological polar surface area (TPSA) is 34.0 Å². The molecule has 0 bridgehead atoms. The fraction of sp³-hybridized carbons (Fsp3) is 0.600. The maximum absolute atomic E-state index is 5.04. The van der Waals surface area contributed by atoms with Gasteiger partial charge in [-0.05, 0) is 26.3 Å². The lowest BCUT2D eigenvalue weighted by Crippen LogP contribution is -1.93. The third-order valence-corrected chi connectivity index (χ3v) is 1.76. The number of hydrogen-bond donors (Lipinski definition) is 0. The Hall–Kier alpha value is -1.12. The summed E-state index contributed by atoms with van der Waals surface area (Å²) in [4.78, 5) is 0. The van der Waals surface area contributed by atoms with Gasteiger partial charge in [-0.15, -0.1) is 0 Å². The van der Waals surface area contributed by atoms with Crippen molar-refractivity contribution in [2.75, 3.05) is 7.11 Å². The zero-order valence-corrected chi connectivity index (χ0v) is 8.87. The van der Waals surface area contributed by atoms with E-state index in [2.05, 4.69) is 23.7 Å². The molecule has 3 nitrogen and oxygen atoms in total. The number of ether oxygens (including phenoxy) is 1.